The molecule has 0 atom stereocenters. The Bertz CT molecular complexity index is 1200. The van der Waals surface area contributed by atoms with E-state index >= 15 is 0 Å². The predicted octanol–water partition coefficient (Wildman–Crippen LogP) is 1.40. The summed E-state index contributed by atoms with van der Waals surface area (Å²) >= 11 is 0.825. The number of carbonyl (C=O) groups excluding carboxylic acids is 4. The molecule has 0 bridgehead atoms. The molecule has 10 nitrogen and oxygen atoms in total. The Morgan fingerprint density at radius 1 is 0.886 bits per heavy atom. The third-order valence-corrected chi connectivity index (χ3v) is 7.21. The van der Waals surface area contributed by atoms with Crippen molar-refractivity contribution in [3.05, 3.63) is 40.9 Å². The topological polar surface area (TPSA) is 101 Å². The van der Waals surface area contributed by atoms with E-state index in [1.54, 1.807) is 15.9 Å². The van der Waals surface area contributed by atoms with Crippen LogP contribution in [0.4, 0.5) is 4.79 Å². The van der Waals surface area contributed by atoms with Gasteiger partial charge >= 0.3 is 0 Å². The van der Waals surface area contributed by atoms with E-state index in [0.29, 0.717) is 52.6 Å². The lowest BCUT2D eigenvalue weighted by Crippen LogP contribution is -2.46. The van der Waals surface area contributed by atoms with Crippen molar-refractivity contribution in [1.29, 1.82) is 0 Å². The van der Waals surface area contributed by atoms with Crippen LogP contribution in [0, 0.1) is 0 Å². The molecule has 0 spiro atoms. The first-order valence-electron chi connectivity index (χ1n) is 11.6. The number of carbonyl (C=O) groups is 4. The molecule has 0 unspecified atom stereocenters. The van der Waals surface area contributed by atoms with Gasteiger partial charge in [0, 0.05) is 48.8 Å². The number of hydrogen-bond acceptors (Lipinski definition) is 7. The van der Waals surface area contributed by atoms with Gasteiger partial charge in [0.2, 0.25) is 11.8 Å². The van der Waals surface area contributed by atoms with Gasteiger partial charge in [0.15, 0.2) is 0 Å². The third kappa shape index (κ3) is 4.97. The molecule has 4 heterocycles. The van der Waals surface area contributed by atoms with Gasteiger partial charge in [0.1, 0.15) is 13.1 Å². The van der Waals surface area contributed by atoms with Crippen LogP contribution in [0.3, 0.4) is 0 Å². The van der Waals surface area contributed by atoms with E-state index in [1.165, 1.54) is 0 Å². The zero-order valence-electron chi connectivity index (χ0n) is 19.2. The van der Waals surface area contributed by atoms with Gasteiger partial charge in [-0.05, 0) is 23.9 Å². The van der Waals surface area contributed by atoms with Crippen LogP contribution in [0.25, 0.3) is 17.0 Å². The number of benzene rings is 1. The van der Waals surface area contributed by atoms with Crippen molar-refractivity contribution in [2.75, 3.05) is 59.2 Å². The number of imide groups is 1. The Hall–Kier alpha value is -3.15. The Balaban J connectivity index is 1.35. The summed E-state index contributed by atoms with van der Waals surface area (Å²) < 4.78 is 12.5. The number of morpholine rings is 2. The number of ether oxygens (including phenoxy) is 2. The molecule has 3 aliphatic rings. The minimum absolute atomic E-state index is 0.00236. The highest BCUT2D eigenvalue weighted by Crippen LogP contribution is 2.34. The van der Waals surface area contributed by atoms with Crippen LogP contribution in [-0.4, -0.2) is 101 Å². The number of aromatic nitrogens is 1. The summed E-state index contributed by atoms with van der Waals surface area (Å²) in [5.41, 5.74) is 1.60. The standard InChI is InChI=1S/C24H26N4O6S/c29-21(25-5-9-33-10-6-25)15-27-14-17(18-3-1-2-4-19(18)27)13-20-23(31)28(24(32)35-20)16-22(30)26-7-11-34-12-8-26/h1-4,13-14H,5-12,15-16H2/b20-13-. The molecule has 0 saturated carbocycles. The van der Waals surface area contributed by atoms with Crippen molar-refractivity contribution in [3.8, 4) is 0 Å². The average molecular weight is 499 g/mol. The molecule has 1 aromatic carbocycles. The van der Waals surface area contributed by atoms with Gasteiger partial charge in [-0.3, -0.25) is 24.1 Å². The predicted molar refractivity (Wildman–Crippen MR) is 129 cm³/mol. The van der Waals surface area contributed by atoms with Crippen molar-refractivity contribution >= 4 is 51.7 Å². The molecule has 0 aliphatic carbocycles. The van der Waals surface area contributed by atoms with Gasteiger partial charge in [-0.1, -0.05) is 18.2 Å². The maximum atomic E-state index is 13.0. The Morgan fingerprint density at radius 3 is 2.14 bits per heavy atom. The highest BCUT2D eigenvalue weighted by molar-refractivity contribution is 8.18. The van der Waals surface area contributed by atoms with Crippen molar-refractivity contribution in [1.82, 2.24) is 19.3 Å². The van der Waals surface area contributed by atoms with Gasteiger partial charge in [-0.25, -0.2) is 0 Å². The monoisotopic (exact) mass is 498 g/mol. The average Bonchev–Trinajstić information content (AvgIpc) is 3.36. The lowest BCUT2D eigenvalue weighted by Gasteiger charge is -2.28. The number of hydrogen-bond donors (Lipinski definition) is 0. The second-order valence-electron chi connectivity index (χ2n) is 8.48. The summed E-state index contributed by atoms with van der Waals surface area (Å²) in [6, 6.07) is 7.63. The normalized spacial score (nSPS) is 20.3. The van der Waals surface area contributed by atoms with Gasteiger partial charge < -0.3 is 23.8 Å². The molecule has 35 heavy (non-hydrogen) atoms. The van der Waals surface area contributed by atoms with Gasteiger partial charge in [0.25, 0.3) is 11.1 Å². The lowest BCUT2D eigenvalue weighted by molar-refractivity contribution is -0.139. The van der Waals surface area contributed by atoms with E-state index in [9.17, 15) is 19.2 Å². The molecule has 3 aliphatic heterocycles. The molecule has 184 valence electrons. The number of para-hydroxylation sites is 1. The van der Waals surface area contributed by atoms with Crippen LogP contribution in [-0.2, 0) is 30.4 Å². The van der Waals surface area contributed by atoms with Crippen LogP contribution in [0.1, 0.15) is 5.56 Å². The van der Waals surface area contributed by atoms with Crippen LogP contribution in [0.5, 0.6) is 0 Å². The Kier molecular flexibility index (Phi) is 6.89. The minimum Gasteiger partial charge on any atom is -0.378 e. The maximum Gasteiger partial charge on any atom is 0.294 e. The fraction of sp³-hybridized carbons (Fsp3) is 0.417. The lowest BCUT2D eigenvalue weighted by atomic mass is 10.1. The molecule has 0 radical (unpaired) electrons. The third-order valence-electron chi connectivity index (χ3n) is 6.31. The smallest absolute Gasteiger partial charge is 0.294 e. The van der Waals surface area contributed by atoms with Crippen LogP contribution >= 0.6 is 11.8 Å². The molecular formula is C24H26N4O6S. The SMILES string of the molecule is O=C(CN1C(=O)S/C(=C\c2cn(CC(=O)N3CCOCC3)c3ccccc23)C1=O)N1CCOCC1. The van der Waals surface area contributed by atoms with E-state index in [0.717, 1.165) is 33.1 Å². The summed E-state index contributed by atoms with van der Waals surface area (Å²) in [6.45, 7) is 3.91. The summed E-state index contributed by atoms with van der Waals surface area (Å²) in [5.74, 6) is -0.750. The largest absolute Gasteiger partial charge is 0.378 e. The zero-order valence-corrected chi connectivity index (χ0v) is 20.0. The number of fused-ring (bicyclic) bond motifs is 1. The highest BCUT2D eigenvalue weighted by atomic mass is 32.2. The van der Waals surface area contributed by atoms with Crippen LogP contribution < -0.4 is 0 Å². The number of amides is 4. The molecule has 0 N–H and O–H groups in total. The van der Waals surface area contributed by atoms with Gasteiger partial charge in [-0.2, -0.15) is 0 Å². The van der Waals surface area contributed by atoms with E-state index in [1.807, 2.05) is 35.0 Å². The highest BCUT2D eigenvalue weighted by Gasteiger charge is 2.37. The first-order chi connectivity index (χ1) is 17.0. The number of thioether (sulfide) groups is 1. The first-order valence-corrected chi connectivity index (χ1v) is 12.4. The summed E-state index contributed by atoms with van der Waals surface area (Å²) in [5, 5.41) is 0.410. The van der Waals surface area contributed by atoms with Crippen molar-refractivity contribution in [3.63, 3.8) is 0 Å². The first kappa shape index (κ1) is 23.6. The fourth-order valence-electron chi connectivity index (χ4n) is 4.41. The van der Waals surface area contributed by atoms with Crippen LogP contribution in [0.15, 0.2) is 35.4 Å². The van der Waals surface area contributed by atoms with E-state index in [-0.39, 0.29) is 29.8 Å². The van der Waals surface area contributed by atoms with E-state index < -0.39 is 11.1 Å². The second kappa shape index (κ2) is 10.2. The summed E-state index contributed by atoms with van der Waals surface area (Å²) in [6.07, 6.45) is 3.50. The molecule has 4 amide bonds. The van der Waals surface area contributed by atoms with Crippen molar-refractivity contribution in [2.24, 2.45) is 0 Å². The van der Waals surface area contributed by atoms with Gasteiger partial charge in [-0.15, -0.1) is 0 Å². The minimum atomic E-state index is -0.483. The molecule has 5 rings (SSSR count). The Labute approximate surface area is 206 Å². The molecule has 3 fully saturated rings. The quantitative estimate of drug-likeness (QED) is 0.575. The summed E-state index contributed by atoms with van der Waals surface area (Å²) in [7, 11) is 0. The zero-order chi connectivity index (χ0) is 24.4. The maximum absolute atomic E-state index is 13.0. The molecule has 1 aromatic heterocycles. The molecular weight excluding hydrogens is 472 g/mol. The summed E-state index contributed by atoms with van der Waals surface area (Å²) in [4.78, 5) is 55.6. The number of rotatable bonds is 5. The second-order valence-corrected chi connectivity index (χ2v) is 9.48. The van der Waals surface area contributed by atoms with E-state index in [2.05, 4.69) is 0 Å². The fourth-order valence-corrected chi connectivity index (χ4v) is 5.23. The molecule has 11 heteroatoms. The van der Waals surface area contributed by atoms with Crippen molar-refractivity contribution < 1.29 is 28.7 Å². The molecule has 3 saturated heterocycles. The van der Waals surface area contributed by atoms with Crippen molar-refractivity contribution in [2.45, 2.75) is 6.54 Å². The number of nitrogens with zero attached hydrogens (tertiary/aromatic N) is 4. The van der Waals surface area contributed by atoms with E-state index in [4.69, 9.17) is 9.47 Å². The molecule has 2 aromatic rings. The Morgan fingerprint density at radius 2 is 1.49 bits per heavy atom. The van der Waals surface area contributed by atoms with Crippen LogP contribution in [0.2, 0.25) is 0 Å². The van der Waals surface area contributed by atoms with Gasteiger partial charge in [0.05, 0.1) is 31.3 Å².